The molecule has 0 aromatic carbocycles. The lowest BCUT2D eigenvalue weighted by Crippen LogP contribution is -2.27. The van der Waals surface area contributed by atoms with Gasteiger partial charge in [-0.1, -0.05) is 6.42 Å². The normalized spacial score (nSPS) is 27.4. The SMILES string of the molecule is Cl.NCc1nc(C(=O)NCCC2CC3CCC2C3)cs1. The lowest BCUT2D eigenvalue weighted by Gasteiger charge is -2.21. The number of hydrogen-bond donors (Lipinski definition) is 2. The van der Waals surface area contributed by atoms with Gasteiger partial charge in [-0.2, -0.15) is 0 Å². The second kappa shape index (κ2) is 6.87. The summed E-state index contributed by atoms with van der Waals surface area (Å²) >= 11 is 1.45. The minimum absolute atomic E-state index is 0. The highest BCUT2D eigenvalue weighted by atomic mass is 35.5. The number of thiazole rings is 1. The van der Waals surface area contributed by atoms with E-state index < -0.39 is 0 Å². The number of aromatic nitrogens is 1. The Hall–Kier alpha value is -0.650. The zero-order chi connectivity index (χ0) is 13.2. The Morgan fingerprint density at radius 2 is 2.30 bits per heavy atom. The number of nitrogens with two attached hydrogens (primary N) is 1. The predicted molar refractivity (Wildman–Crippen MR) is 83.1 cm³/mol. The van der Waals surface area contributed by atoms with Crippen LogP contribution in [0.4, 0.5) is 0 Å². The molecule has 0 saturated heterocycles. The van der Waals surface area contributed by atoms with Crippen LogP contribution in [0.2, 0.25) is 0 Å². The molecule has 1 aromatic heterocycles. The van der Waals surface area contributed by atoms with E-state index in [1.54, 1.807) is 5.38 Å². The summed E-state index contributed by atoms with van der Waals surface area (Å²) in [5, 5.41) is 5.59. The zero-order valence-corrected chi connectivity index (χ0v) is 13.1. The molecule has 112 valence electrons. The molecule has 0 aliphatic heterocycles. The van der Waals surface area contributed by atoms with E-state index in [0.29, 0.717) is 12.2 Å². The molecule has 3 unspecified atom stereocenters. The molecular formula is C14H22ClN3OS. The third-order valence-electron chi connectivity index (χ3n) is 4.64. The van der Waals surface area contributed by atoms with E-state index in [1.807, 2.05) is 0 Å². The van der Waals surface area contributed by atoms with Crippen LogP contribution in [0, 0.1) is 17.8 Å². The van der Waals surface area contributed by atoms with Gasteiger partial charge in [0.25, 0.3) is 5.91 Å². The number of nitrogens with one attached hydrogen (secondary N) is 1. The van der Waals surface area contributed by atoms with E-state index in [-0.39, 0.29) is 18.3 Å². The molecule has 2 bridgehead atoms. The van der Waals surface area contributed by atoms with Crippen molar-refractivity contribution in [3.05, 3.63) is 16.1 Å². The zero-order valence-electron chi connectivity index (χ0n) is 11.5. The molecule has 0 spiro atoms. The van der Waals surface area contributed by atoms with Gasteiger partial charge in [-0.15, -0.1) is 23.7 Å². The molecule has 2 aliphatic carbocycles. The summed E-state index contributed by atoms with van der Waals surface area (Å²) in [6.45, 7) is 1.19. The van der Waals surface area contributed by atoms with Gasteiger partial charge in [-0.3, -0.25) is 4.79 Å². The fraction of sp³-hybridized carbons (Fsp3) is 0.714. The predicted octanol–water partition coefficient (Wildman–Crippen LogP) is 2.58. The van der Waals surface area contributed by atoms with Crippen LogP contribution >= 0.6 is 23.7 Å². The molecule has 2 fully saturated rings. The molecule has 1 amide bonds. The van der Waals surface area contributed by atoms with E-state index in [1.165, 1.54) is 37.0 Å². The summed E-state index contributed by atoms with van der Waals surface area (Å²) < 4.78 is 0. The second-order valence-corrected chi connectivity index (χ2v) is 6.75. The van der Waals surface area contributed by atoms with Gasteiger partial charge < -0.3 is 11.1 Å². The summed E-state index contributed by atoms with van der Waals surface area (Å²) in [6, 6.07) is 0. The van der Waals surface area contributed by atoms with Crippen LogP contribution < -0.4 is 11.1 Å². The molecule has 3 N–H and O–H groups in total. The second-order valence-electron chi connectivity index (χ2n) is 5.81. The Bertz CT molecular complexity index is 465. The van der Waals surface area contributed by atoms with Crippen molar-refractivity contribution in [3.8, 4) is 0 Å². The summed E-state index contributed by atoms with van der Waals surface area (Å²) in [7, 11) is 0. The molecule has 3 rings (SSSR count). The molecule has 2 aliphatic rings. The maximum atomic E-state index is 11.9. The lowest BCUT2D eigenvalue weighted by molar-refractivity contribution is 0.0945. The van der Waals surface area contributed by atoms with Crippen LogP contribution in [0.25, 0.3) is 0 Å². The monoisotopic (exact) mass is 315 g/mol. The van der Waals surface area contributed by atoms with Crippen LogP contribution in [0.15, 0.2) is 5.38 Å². The summed E-state index contributed by atoms with van der Waals surface area (Å²) in [5.74, 6) is 2.70. The van der Waals surface area contributed by atoms with E-state index in [0.717, 1.165) is 35.7 Å². The van der Waals surface area contributed by atoms with Crippen molar-refractivity contribution < 1.29 is 4.79 Å². The number of carbonyl (C=O) groups excluding carboxylic acids is 1. The van der Waals surface area contributed by atoms with Crippen molar-refractivity contribution in [1.29, 1.82) is 0 Å². The van der Waals surface area contributed by atoms with Crippen molar-refractivity contribution in [2.45, 2.75) is 38.6 Å². The summed E-state index contributed by atoms with van der Waals surface area (Å²) in [4.78, 5) is 16.1. The molecule has 0 radical (unpaired) electrons. The average molecular weight is 316 g/mol. The Balaban J connectivity index is 0.00000147. The molecule has 6 heteroatoms. The van der Waals surface area contributed by atoms with E-state index >= 15 is 0 Å². The lowest BCUT2D eigenvalue weighted by atomic mass is 9.86. The van der Waals surface area contributed by atoms with Gasteiger partial charge in [-0.05, 0) is 43.4 Å². The minimum atomic E-state index is -0.0564. The number of rotatable bonds is 5. The fourth-order valence-corrected chi connectivity index (χ4v) is 4.36. The Morgan fingerprint density at radius 1 is 1.45 bits per heavy atom. The number of carbonyl (C=O) groups is 1. The molecule has 2 saturated carbocycles. The van der Waals surface area contributed by atoms with E-state index in [9.17, 15) is 4.79 Å². The van der Waals surface area contributed by atoms with Gasteiger partial charge in [0.1, 0.15) is 10.7 Å². The van der Waals surface area contributed by atoms with Crippen molar-refractivity contribution in [1.82, 2.24) is 10.3 Å². The third-order valence-corrected chi connectivity index (χ3v) is 5.52. The van der Waals surface area contributed by atoms with Crippen LogP contribution in [0.1, 0.15) is 47.6 Å². The van der Waals surface area contributed by atoms with Crippen molar-refractivity contribution in [2.24, 2.45) is 23.5 Å². The first kappa shape index (κ1) is 15.7. The highest BCUT2D eigenvalue weighted by molar-refractivity contribution is 7.09. The maximum Gasteiger partial charge on any atom is 0.270 e. The van der Waals surface area contributed by atoms with Gasteiger partial charge in [0.05, 0.1) is 0 Å². The van der Waals surface area contributed by atoms with Crippen LogP contribution in [0.3, 0.4) is 0 Å². The van der Waals surface area contributed by atoms with Gasteiger partial charge in [0, 0.05) is 18.5 Å². The van der Waals surface area contributed by atoms with Crippen LogP contribution in [-0.2, 0) is 6.54 Å². The molecule has 4 nitrogen and oxygen atoms in total. The van der Waals surface area contributed by atoms with E-state index in [4.69, 9.17) is 5.73 Å². The molecule has 20 heavy (non-hydrogen) atoms. The van der Waals surface area contributed by atoms with Crippen LogP contribution in [-0.4, -0.2) is 17.4 Å². The van der Waals surface area contributed by atoms with Gasteiger partial charge in [0.15, 0.2) is 0 Å². The quantitative estimate of drug-likeness (QED) is 0.877. The van der Waals surface area contributed by atoms with Gasteiger partial charge >= 0.3 is 0 Å². The van der Waals surface area contributed by atoms with Crippen molar-refractivity contribution >= 4 is 29.7 Å². The maximum absolute atomic E-state index is 11.9. The standard InChI is InChI=1S/C14H21N3OS.ClH/c15-7-13-17-12(8-19-13)14(18)16-4-3-11-6-9-1-2-10(11)5-9;/h8-11H,1-7,15H2,(H,16,18);1H. The number of nitrogens with zero attached hydrogens (tertiary/aromatic N) is 1. The molecule has 1 aromatic rings. The van der Waals surface area contributed by atoms with Crippen molar-refractivity contribution in [2.75, 3.05) is 6.54 Å². The number of halogens is 1. The number of amides is 1. The highest BCUT2D eigenvalue weighted by Gasteiger charge is 2.38. The van der Waals surface area contributed by atoms with Gasteiger partial charge in [-0.25, -0.2) is 4.98 Å². The first-order valence-electron chi connectivity index (χ1n) is 7.19. The first-order valence-corrected chi connectivity index (χ1v) is 8.07. The van der Waals surface area contributed by atoms with Gasteiger partial charge in [0.2, 0.25) is 0 Å². The third kappa shape index (κ3) is 3.32. The first-order chi connectivity index (χ1) is 9.26. The average Bonchev–Trinajstić information content (AvgIpc) is 3.14. The minimum Gasteiger partial charge on any atom is -0.351 e. The largest absolute Gasteiger partial charge is 0.351 e. The Kier molecular flexibility index (Phi) is 5.41. The Labute approximate surface area is 129 Å². The number of hydrogen-bond acceptors (Lipinski definition) is 4. The van der Waals surface area contributed by atoms with Crippen LogP contribution in [0.5, 0.6) is 0 Å². The topological polar surface area (TPSA) is 68.0 Å². The fourth-order valence-electron chi connectivity index (χ4n) is 3.70. The summed E-state index contributed by atoms with van der Waals surface area (Å²) in [5.41, 5.74) is 6.01. The Morgan fingerprint density at radius 3 is 2.90 bits per heavy atom. The van der Waals surface area contributed by atoms with E-state index in [2.05, 4.69) is 10.3 Å². The molecule has 1 heterocycles. The summed E-state index contributed by atoms with van der Waals surface area (Å²) in [6.07, 6.45) is 6.79. The highest BCUT2D eigenvalue weighted by Crippen LogP contribution is 2.49. The number of fused-ring (bicyclic) bond motifs is 2. The smallest absolute Gasteiger partial charge is 0.270 e. The molecule has 3 atom stereocenters. The molecular weight excluding hydrogens is 294 g/mol. The van der Waals surface area contributed by atoms with Crippen molar-refractivity contribution in [3.63, 3.8) is 0 Å².